The molecule has 1 unspecified atom stereocenters. The predicted octanol–water partition coefficient (Wildman–Crippen LogP) is 2.25. The third-order valence-corrected chi connectivity index (χ3v) is 6.99. The summed E-state index contributed by atoms with van der Waals surface area (Å²) in [6.07, 6.45) is 4.00. The highest BCUT2D eigenvalue weighted by atomic mass is 16.2. The van der Waals surface area contributed by atoms with Gasteiger partial charge in [0.1, 0.15) is 12.1 Å². The third-order valence-electron chi connectivity index (χ3n) is 6.99. The summed E-state index contributed by atoms with van der Waals surface area (Å²) in [4.78, 5) is 56.0. The van der Waals surface area contributed by atoms with Crippen LogP contribution in [0.1, 0.15) is 56.3 Å². The second-order valence-corrected chi connectivity index (χ2v) is 9.27. The third kappa shape index (κ3) is 4.23. The van der Waals surface area contributed by atoms with E-state index in [9.17, 15) is 19.2 Å². The van der Waals surface area contributed by atoms with Crippen LogP contribution in [0.4, 0.5) is 4.79 Å². The van der Waals surface area contributed by atoms with Gasteiger partial charge in [0, 0.05) is 31.2 Å². The zero-order chi connectivity index (χ0) is 22.9. The van der Waals surface area contributed by atoms with Gasteiger partial charge in [-0.2, -0.15) is 0 Å². The monoisotopic (exact) mass is 440 g/mol. The van der Waals surface area contributed by atoms with Gasteiger partial charge in [-0.1, -0.05) is 25.1 Å². The molecule has 5 amide bonds. The summed E-state index contributed by atoms with van der Waals surface area (Å²) in [5.41, 5.74) is -0.208. The second kappa shape index (κ2) is 8.92. The quantitative estimate of drug-likeness (QED) is 0.659. The first kappa shape index (κ1) is 22.3. The van der Waals surface area contributed by atoms with Crippen LogP contribution >= 0.6 is 0 Å². The summed E-state index contributed by atoms with van der Waals surface area (Å²) >= 11 is 0. The SMILES string of the molecule is CCCN(C(=O)CN1C(=O)NC(C)(C2CC2)C1=O)C1CCN(C(=O)c2ccccc2)CC1. The molecule has 1 aliphatic carbocycles. The Morgan fingerprint density at radius 1 is 1.09 bits per heavy atom. The molecule has 0 bridgehead atoms. The molecule has 3 aliphatic rings. The molecule has 3 fully saturated rings. The lowest BCUT2D eigenvalue weighted by atomic mass is 9.96. The number of carbonyl (C=O) groups excluding carboxylic acids is 4. The number of carbonyl (C=O) groups is 4. The van der Waals surface area contributed by atoms with Crippen molar-refractivity contribution in [2.75, 3.05) is 26.2 Å². The number of nitrogens with one attached hydrogen (secondary N) is 1. The van der Waals surface area contributed by atoms with E-state index in [1.165, 1.54) is 0 Å². The number of piperidine rings is 1. The average Bonchev–Trinajstić information content (AvgIpc) is 3.63. The Hall–Kier alpha value is -2.90. The van der Waals surface area contributed by atoms with Crippen LogP contribution < -0.4 is 5.32 Å². The number of rotatable bonds is 7. The molecule has 4 rings (SSSR count). The molecule has 0 radical (unpaired) electrons. The van der Waals surface area contributed by atoms with Gasteiger partial charge in [-0.25, -0.2) is 4.79 Å². The molecule has 1 atom stereocenters. The van der Waals surface area contributed by atoms with Gasteiger partial charge in [-0.05, 0) is 57.1 Å². The fourth-order valence-electron chi connectivity index (χ4n) is 4.92. The van der Waals surface area contributed by atoms with Crippen LogP contribution in [-0.4, -0.2) is 76.2 Å². The molecule has 32 heavy (non-hydrogen) atoms. The Morgan fingerprint density at radius 2 is 1.75 bits per heavy atom. The van der Waals surface area contributed by atoms with Gasteiger partial charge < -0.3 is 15.1 Å². The Labute approximate surface area is 188 Å². The van der Waals surface area contributed by atoms with E-state index >= 15 is 0 Å². The highest BCUT2D eigenvalue weighted by Gasteiger charge is 2.56. The zero-order valence-electron chi connectivity index (χ0n) is 18.9. The number of hydrogen-bond donors (Lipinski definition) is 1. The lowest BCUT2D eigenvalue weighted by Gasteiger charge is -2.39. The standard InChI is InChI=1S/C24H32N4O4/c1-3-13-27(19-11-14-26(15-12-19)21(30)17-7-5-4-6-8-17)20(29)16-28-22(31)24(2,18-9-10-18)25-23(28)32/h4-8,18-19H,3,9-16H2,1-2H3,(H,25,32). The first-order chi connectivity index (χ1) is 15.3. The van der Waals surface area contributed by atoms with Crippen LogP contribution in [0.25, 0.3) is 0 Å². The maximum absolute atomic E-state index is 13.2. The van der Waals surface area contributed by atoms with E-state index in [1.807, 2.05) is 42.2 Å². The van der Waals surface area contributed by atoms with E-state index in [2.05, 4.69) is 5.32 Å². The lowest BCUT2D eigenvalue weighted by molar-refractivity contribution is -0.141. The lowest BCUT2D eigenvalue weighted by Crippen LogP contribution is -2.52. The van der Waals surface area contributed by atoms with Gasteiger partial charge in [-0.15, -0.1) is 0 Å². The normalized spacial score (nSPS) is 23.9. The molecular formula is C24H32N4O4. The summed E-state index contributed by atoms with van der Waals surface area (Å²) in [7, 11) is 0. The van der Waals surface area contributed by atoms with Crippen LogP contribution in [-0.2, 0) is 9.59 Å². The predicted molar refractivity (Wildman–Crippen MR) is 119 cm³/mol. The molecule has 8 nitrogen and oxygen atoms in total. The van der Waals surface area contributed by atoms with Crippen molar-refractivity contribution in [2.45, 2.75) is 57.5 Å². The number of nitrogens with zero attached hydrogens (tertiary/aromatic N) is 3. The maximum Gasteiger partial charge on any atom is 0.325 e. The van der Waals surface area contributed by atoms with E-state index in [0.29, 0.717) is 38.0 Å². The smallest absolute Gasteiger partial charge is 0.325 e. The van der Waals surface area contributed by atoms with E-state index in [0.717, 1.165) is 24.2 Å². The van der Waals surface area contributed by atoms with E-state index in [1.54, 1.807) is 11.8 Å². The number of imide groups is 1. The van der Waals surface area contributed by atoms with Gasteiger partial charge in [-0.3, -0.25) is 19.3 Å². The fraction of sp³-hybridized carbons (Fsp3) is 0.583. The van der Waals surface area contributed by atoms with Crippen molar-refractivity contribution in [1.82, 2.24) is 20.0 Å². The molecule has 0 aromatic heterocycles. The van der Waals surface area contributed by atoms with Crippen LogP contribution in [0, 0.1) is 5.92 Å². The molecule has 2 heterocycles. The van der Waals surface area contributed by atoms with Crippen molar-refractivity contribution in [3.05, 3.63) is 35.9 Å². The molecule has 8 heteroatoms. The van der Waals surface area contributed by atoms with Crippen molar-refractivity contribution in [3.8, 4) is 0 Å². The number of benzene rings is 1. The Balaban J connectivity index is 1.37. The molecule has 172 valence electrons. The highest BCUT2D eigenvalue weighted by molar-refractivity contribution is 6.09. The molecule has 2 saturated heterocycles. The molecule has 2 aliphatic heterocycles. The van der Waals surface area contributed by atoms with Crippen LogP contribution in [0.3, 0.4) is 0 Å². The molecule has 0 spiro atoms. The number of amides is 5. The van der Waals surface area contributed by atoms with Crippen LogP contribution in [0.5, 0.6) is 0 Å². The summed E-state index contributed by atoms with van der Waals surface area (Å²) in [6.45, 7) is 5.27. The minimum Gasteiger partial charge on any atom is -0.338 e. The molecular weight excluding hydrogens is 408 g/mol. The Morgan fingerprint density at radius 3 is 2.34 bits per heavy atom. The van der Waals surface area contributed by atoms with Crippen molar-refractivity contribution in [2.24, 2.45) is 5.92 Å². The van der Waals surface area contributed by atoms with E-state index in [4.69, 9.17) is 0 Å². The second-order valence-electron chi connectivity index (χ2n) is 9.27. The van der Waals surface area contributed by atoms with E-state index in [-0.39, 0.29) is 36.2 Å². The van der Waals surface area contributed by atoms with Crippen molar-refractivity contribution in [3.63, 3.8) is 0 Å². The van der Waals surface area contributed by atoms with Gasteiger partial charge in [0.2, 0.25) is 5.91 Å². The van der Waals surface area contributed by atoms with Crippen molar-refractivity contribution >= 4 is 23.8 Å². The van der Waals surface area contributed by atoms with Crippen molar-refractivity contribution < 1.29 is 19.2 Å². The van der Waals surface area contributed by atoms with Gasteiger partial charge in [0.25, 0.3) is 11.8 Å². The average molecular weight is 441 g/mol. The van der Waals surface area contributed by atoms with Crippen LogP contribution in [0.2, 0.25) is 0 Å². The first-order valence-corrected chi connectivity index (χ1v) is 11.6. The van der Waals surface area contributed by atoms with Gasteiger partial charge in [0.05, 0.1) is 0 Å². The Bertz CT molecular complexity index is 893. The summed E-state index contributed by atoms with van der Waals surface area (Å²) in [6, 6.07) is 8.74. The van der Waals surface area contributed by atoms with Crippen LogP contribution in [0.15, 0.2) is 30.3 Å². The Kier molecular flexibility index (Phi) is 6.22. The number of urea groups is 1. The zero-order valence-corrected chi connectivity index (χ0v) is 18.9. The summed E-state index contributed by atoms with van der Waals surface area (Å²) in [5, 5.41) is 2.80. The topological polar surface area (TPSA) is 90.0 Å². The summed E-state index contributed by atoms with van der Waals surface area (Å²) in [5.74, 6) is -0.324. The largest absolute Gasteiger partial charge is 0.338 e. The molecule has 1 saturated carbocycles. The molecule has 1 aromatic rings. The maximum atomic E-state index is 13.2. The minimum atomic E-state index is -0.879. The molecule has 1 N–H and O–H groups in total. The van der Waals surface area contributed by atoms with Crippen molar-refractivity contribution in [1.29, 1.82) is 0 Å². The van der Waals surface area contributed by atoms with Gasteiger partial charge in [0.15, 0.2) is 0 Å². The number of likely N-dealkylation sites (tertiary alicyclic amines) is 1. The van der Waals surface area contributed by atoms with E-state index < -0.39 is 11.6 Å². The number of hydrogen-bond acceptors (Lipinski definition) is 4. The van der Waals surface area contributed by atoms with Gasteiger partial charge >= 0.3 is 6.03 Å². The first-order valence-electron chi connectivity index (χ1n) is 11.6. The minimum absolute atomic E-state index is 0.00199. The highest BCUT2D eigenvalue weighted by Crippen LogP contribution is 2.42. The fourth-order valence-corrected chi connectivity index (χ4v) is 4.92. The molecule has 1 aromatic carbocycles. The summed E-state index contributed by atoms with van der Waals surface area (Å²) < 4.78 is 0.